The summed E-state index contributed by atoms with van der Waals surface area (Å²) in [5.74, 6) is 0. The lowest BCUT2D eigenvalue weighted by Crippen LogP contribution is -2.51. The third-order valence-corrected chi connectivity index (χ3v) is 5.85. The number of aliphatic hydroxyl groups is 1. The largest absolute Gasteiger partial charge is 0.394 e. The van der Waals surface area contributed by atoms with E-state index in [2.05, 4.69) is 29.6 Å². The lowest BCUT2D eigenvalue weighted by molar-refractivity contribution is 0.121. The van der Waals surface area contributed by atoms with Crippen LogP contribution in [0.4, 0.5) is 0 Å². The van der Waals surface area contributed by atoms with Gasteiger partial charge in [0.05, 0.1) is 6.61 Å². The summed E-state index contributed by atoms with van der Waals surface area (Å²) >= 11 is 1.99. The van der Waals surface area contributed by atoms with Gasteiger partial charge in [-0.2, -0.15) is 0 Å². The summed E-state index contributed by atoms with van der Waals surface area (Å²) in [6, 6.07) is 8.72. The maximum absolute atomic E-state index is 9.72. The molecule has 3 rings (SSSR count). The normalized spacial score (nSPS) is 25.2. The first kappa shape index (κ1) is 13.5. The van der Waals surface area contributed by atoms with Crippen LogP contribution in [-0.4, -0.2) is 29.0 Å². The van der Waals surface area contributed by atoms with E-state index in [1.54, 1.807) is 0 Å². The van der Waals surface area contributed by atoms with E-state index < -0.39 is 0 Å². The van der Waals surface area contributed by atoms with Gasteiger partial charge in [-0.05, 0) is 30.9 Å². The second kappa shape index (κ2) is 5.86. The van der Waals surface area contributed by atoms with Gasteiger partial charge in [0.2, 0.25) is 0 Å². The Bertz CT molecular complexity index is 404. The highest BCUT2D eigenvalue weighted by atomic mass is 32.2. The van der Waals surface area contributed by atoms with E-state index in [0.29, 0.717) is 5.25 Å². The monoisotopic (exact) mass is 277 g/mol. The summed E-state index contributed by atoms with van der Waals surface area (Å²) in [5.41, 5.74) is 1.49. The van der Waals surface area contributed by atoms with Crippen LogP contribution in [0.15, 0.2) is 29.2 Å². The van der Waals surface area contributed by atoms with Crippen LogP contribution in [0.3, 0.4) is 0 Å². The quantitative estimate of drug-likeness (QED) is 0.887. The highest BCUT2D eigenvalue weighted by Gasteiger charge is 2.32. The van der Waals surface area contributed by atoms with E-state index in [1.807, 2.05) is 11.8 Å². The maximum Gasteiger partial charge on any atom is 0.0613 e. The second-order valence-electron chi connectivity index (χ2n) is 5.93. The summed E-state index contributed by atoms with van der Waals surface area (Å²) in [4.78, 5) is 1.44. The van der Waals surface area contributed by atoms with Crippen molar-refractivity contribution in [3.63, 3.8) is 0 Å². The highest BCUT2D eigenvalue weighted by Crippen LogP contribution is 2.37. The van der Waals surface area contributed by atoms with E-state index in [9.17, 15) is 5.11 Å². The molecule has 0 bridgehead atoms. The van der Waals surface area contributed by atoms with Crippen molar-refractivity contribution in [2.75, 3.05) is 13.2 Å². The lowest BCUT2D eigenvalue weighted by Gasteiger charge is -2.37. The molecule has 1 aliphatic heterocycles. The van der Waals surface area contributed by atoms with E-state index in [4.69, 9.17) is 0 Å². The highest BCUT2D eigenvalue weighted by molar-refractivity contribution is 8.00. The predicted molar refractivity (Wildman–Crippen MR) is 80.7 cm³/mol. The number of hydrogen-bond acceptors (Lipinski definition) is 3. The number of fused-ring (bicyclic) bond motifs is 1. The molecule has 1 saturated carbocycles. The molecule has 1 aromatic rings. The molecule has 1 aromatic carbocycles. The van der Waals surface area contributed by atoms with Crippen LogP contribution in [-0.2, 0) is 6.42 Å². The molecule has 1 atom stereocenters. The van der Waals surface area contributed by atoms with Gasteiger partial charge in [0.1, 0.15) is 0 Å². The maximum atomic E-state index is 9.72. The Morgan fingerprint density at radius 1 is 1.21 bits per heavy atom. The first-order valence-corrected chi connectivity index (χ1v) is 8.30. The first-order valence-electron chi connectivity index (χ1n) is 7.42. The van der Waals surface area contributed by atoms with Gasteiger partial charge in [0, 0.05) is 22.2 Å². The van der Waals surface area contributed by atoms with Crippen molar-refractivity contribution in [1.82, 2.24) is 5.32 Å². The number of hydrogen-bond donors (Lipinski definition) is 2. The van der Waals surface area contributed by atoms with Crippen LogP contribution >= 0.6 is 11.8 Å². The molecule has 19 heavy (non-hydrogen) atoms. The average molecular weight is 277 g/mol. The van der Waals surface area contributed by atoms with Gasteiger partial charge in [-0.3, -0.25) is 0 Å². The molecule has 0 radical (unpaired) electrons. The molecule has 1 heterocycles. The van der Waals surface area contributed by atoms with E-state index in [-0.39, 0.29) is 12.1 Å². The van der Waals surface area contributed by atoms with Gasteiger partial charge in [-0.1, -0.05) is 37.5 Å². The molecule has 1 aliphatic carbocycles. The van der Waals surface area contributed by atoms with E-state index in [1.165, 1.54) is 29.7 Å². The Morgan fingerprint density at radius 2 is 2.00 bits per heavy atom. The molecule has 0 amide bonds. The zero-order valence-electron chi connectivity index (χ0n) is 11.4. The van der Waals surface area contributed by atoms with Crippen molar-refractivity contribution in [2.45, 2.75) is 54.2 Å². The van der Waals surface area contributed by atoms with Crippen molar-refractivity contribution in [3.8, 4) is 0 Å². The van der Waals surface area contributed by atoms with Crippen LogP contribution in [0.5, 0.6) is 0 Å². The molecular formula is C16H23NOS. The number of rotatable bonds is 4. The fourth-order valence-corrected chi connectivity index (χ4v) is 4.57. The SMILES string of the molecule is OCC1(NCC2Cc3ccccc3S2)CCCCC1. The van der Waals surface area contributed by atoms with Crippen molar-refractivity contribution in [2.24, 2.45) is 0 Å². The average Bonchev–Trinajstić information content (AvgIpc) is 2.89. The molecule has 104 valence electrons. The number of benzene rings is 1. The molecule has 0 spiro atoms. The molecule has 1 unspecified atom stereocenters. The summed E-state index contributed by atoms with van der Waals surface area (Å²) in [7, 11) is 0. The van der Waals surface area contributed by atoms with Gasteiger partial charge in [-0.15, -0.1) is 11.8 Å². The summed E-state index contributed by atoms with van der Waals surface area (Å²) in [5, 5.41) is 14.0. The zero-order valence-corrected chi connectivity index (χ0v) is 12.2. The minimum Gasteiger partial charge on any atom is -0.394 e. The predicted octanol–water partition coefficient (Wildman–Crippen LogP) is 2.99. The molecule has 0 aromatic heterocycles. The minimum absolute atomic E-state index is 0.00752. The van der Waals surface area contributed by atoms with Crippen LogP contribution in [0.2, 0.25) is 0 Å². The van der Waals surface area contributed by atoms with Gasteiger partial charge in [-0.25, -0.2) is 0 Å². The van der Waals surface area contributed by atoms with Crippen molar-refractivity contribution < 1.29 is 5.11 Å². The summed E-state index contributed by atoms with van der Waals surface area (Å²) in [6.07, 6.45) is 7.27. The molecule has 0 saturated heterocycles. The van der Waals surface area contributed by atoms with Crippen LogP contribution in [0.1, 0.15) is 37.7 Å². The minimum atomic E-state index is 0.00752. The lowest BCUT2D eigenvalue weighted by atomic mass is 9.82. The number of aliphatic hydroxyl groups excluding tert-OH is 1. The van der Waals surface area contributed by atoms with Crippen molar-refractivity contribution >= 4 is 11.8 Å². The third kappa shape index (κ3) is 2.99. The van der Waals surface area contributed by atoms with Crippen LogP contribution in [0.25, 0.3) is 0 Å². The molecular weight excluding hydrogens is 254 g/mol. The topological polar surface area (TPSA) is 32.3 Å². The van der Waals surface area contributed by atoms with Gasteiger partial charge in [0.25, 0.3) is 0 Å². The standard InChI is InChI=1S/C16H23NOS/c18-12-16(8-4-1-5-9-16)17-11-14-10-13-6-2-3-7-15(13)19-14/h2-3,6-7,14,17-18H,1,4-5,8-12H2. The van der Waals surface area contributed by atoms with Crippen molar-refractivity contribution in [1.29, 1.82) is 0 Å². The Balaban J connectivity index is 1.56. The van der Waals surface area contributed by atoms with Gasteiger partial charge in [0.15, 0.2) is 0 Å². The fraction of sp³-hybridized carbons (Fsp3) is 0.625. The molecule has 2 nitrogen and oxygen atoms in total. The van der Waals surface area contributed by atoms with E-state index in [0.717, 1.165) is 25.8 Å². The van der Waals surface area contributed by atoms with Crippen molar-refractivity contribution in [3.05, 3.63) is 29.8 Å². The number of thioether (sulfide) groups is 1. The van der Waals surface area contributed by atoms with E-state index >= 15 is 0 Å². The Kier molecular flexibility index (Phi) is 4.15. The third-order valence-electron chi connectivity index (χ3n) is 4.53. The Hall–Kier alpha value is -0.510. The van der Waals surface area contributed by atoms with Crippen LogP contribution < -0.4 is 5.32 Å². The van der Waals surface area contributed by atoms with Gasteiger partial charge >= 0.3 is 0 Å². The number of nitrogens with one attached hydrogen (secondary N) is 1. The molecule has 2 aliphatic rings. The molecule has 3 heteroatoms. The zero-order chi connectivity index (χ0) is 13.1. The Morgan fingerprint density at radius 3 is 2.74 bits per heavy atom. The molecule has 1 fully saturated rings. The second-order valence-corrected chi connectivity index (χ2v) is 7.27. The smallest absolute Gasteiger partial charge is 0.0613 e. The fourth-order valence-electron chi connectivity index (χ4n) is 3.32. The van der Waals surface area contributed by atoms with Gasteiger partial charge < -0.3 is 10.4 Å². The summed E-state index contributed by atoms with van der Waals surface area (Å²) < 4.78 is 0. The first-order chi connectivity index (χ1) is 9.31. The van der Waals surface area contributed by atoms with Crippen LogP contribution in [0, 0.1) is 0 Å². The summed E-state index contributed by atoms with van der Waals surface area (Å²) in [6.45, 7) is 1.30. The Labute approximate surface area is 120 Å². The molecule has 2 N–H and O–H groups in total.